The summed E-state index contributed by atoms with van der Waals surface area (Å²) in [6.45, 7) is -0.525. The molecule has 0 atom stereocenters. The summed E-state index contributed by atoms with van der Waals surface area (Å²) in [5.74, 6) is -3.20. The van der Waals surface area contributed by atoms with Crippen LogP contribution in [0.15, 0.2) is 12.2 Å². The zero-order valence-electron chi connectivity index (χ0n) is 5.98. The maximum absolute atomic E-state index is 10.5. The number of carbonyl (C=O) groups is 3. The van der Waals surface area contributed by atoms with E-state index in [0.717, 1.165) is 6.08 Å². The Bertz CT molecular complexity index is 232. The van der Waals surface area contributed by atoms with E-state index in [4.69, 9.17) is 10.2 Å². The van der Waals surface area contributed by atoms with Gasteiger partial charge in [0.15, 0.2) is 0 Å². The molecule has 0 saturated carbocycles. The van der Waals surface area contributed by atoms with Crippen molar-refractivity contribution in [2.75, 3.05) is 6.54 Å². The molecule has 66 valence electrons. The lowest BCUT2D eigenvalue weighted by Crippen LogP contribution is -2.27. The second-order valence-corrected chi connectivity index (χ2v) is 1.78. The normalized spacial score (nSPS) is 9.67. The molecular weight excluding hydrogens is 166 g/mol. The SMILES string of the molecule is O=C(O)C=CC(=O)NCC(=O)O. The molecule has 12 heavy (non-hydrogen) atoms. The van der Waals surface area contributed by atoms with Gasteiger partial charge in [0.1, 0.15) is 6.54 Å². The molecule has 0 aromatic carbocycles. The van der Waals surface area contributed by atoms with Crippen molar-refractivity contribution in [1.29, 1.82) is 0 Å². The van der Waals surface area contributed by atoms with Crippen molar-refractivity contribution in [2.24, 2.45) is 0 Å². The molecule has 0 spiro atoms. The van der Waals surface area contributed by atoms with Crippen LogP contribution < -0.4 is 5.32 Å². The van der Waals surface area contributed by atoms with E-state index in [1.807, 2.05) is 5.32 Å². The van der Waals surface area contributed by atoms with Gasteiger partial charge in [-0.2, -0.15) is 0 Å². The van der Waals surface area contributed by atoms with Crippen LogP contribution in [0.5, 0.6) is 0 Å². The monoisotopic (exact) mass is 173 g/mol. The third-order valence-corrected chi connectivity index (χ3v) is 0.791. The van der Waals surface area contributed by atoms with Gasteiger partial charge in [-0.05, 0) is 0 Å². The molecule has 0 rings (SSSR count). The number of amides is 1. The van der Waals surface area contributed by atoms with Crippen LogP contribution in [0.2, 0.25) is 0 Å². The van der Waals surface area contributed by atoms with Gasteiger partial charge in [-0.1, -0.05) is 0 Å². The summed E-state index contributed by atoms with van der Waals surface area (Å²) in [6, 6.07) is 0. The van der Waals surface area contributed by atoms with Crippen molar-refractivity contribution >= 4 is 17.8 Å². The quantitative estimate of drug-likeness (QED) is 0.464. The standard InChI is InChI=1S/C6H7NO5/c8-4(1-2-5(9)10)7-3-6(11)12/h1-2H,3H2,(H,7,8)(H,9,10)(H,11,12). The first-order valence-corrected chi connectivity index (χ1v) is 2.93. The van der Waals surface area contributed by atoms with Crippen LogP contribution in [0.1, 0.15) is 0 Å². The molecule has 0 fully saturated rings. The predicted octanol–water partition coefficient (Wildman–Crippen LogP) is -1.17. The molecule has 0 aliphatic carbocycles. The second-order valence-electron chi connectivity index (χ2n) is 1.78. The third-order valence-electron chi connectivity index (χ3n) is 0.791. The number of carboxylic acid groups (broad SMARTS) is 2. The molecule has 1 amide bonds. The van der Waals surface area contributed by atoms with Gasteiger partial charge in [0.25, 0.3) is 0 Å². The Hall–Kier alpha value is -1.85. The van der Waals surface area contributed by atoms with Gasteiger partial charge in [0, 0.05) is 12.2 Å². The van der Waals surface area contributed by atoms with Crippen LogP contribution in [0.25, 0.3) is 0 Å². The summed E-state index contributed by atoms with van der Waals surface area (Å²) in [5, 5.41) is 18.1. The number of hydrogen-bond donors (Lipinski definition) is 3. The van der Waals surface area contributed by atoms with Gasteiger partial charge >= 0.3 is 11.9 Å². The average Bonchev–Trinajstić information content (AvgIpc) is 1.96. The van der Waals surface area contributed by atoms with E-state index in [0.29, 0.717) is 6.08 Å². The number of rotatable bonds is 4. The molecule has 0 saturated heterocycles. The lowest BCUT2D eigenvalue weighted by Gasteiger charge is -1.94. The first-order chi connectivity index (χ1) is 5.52. The van der Waals surface area contributed by atoms with Crippen LogP contribution in [0.4, 0.5) is 0 Å². The largest absolute Gasteiger partial charge is 0.480 e. The van der Waals surface area contributed by atoms with Gasteiger partial charge in [-0.3, -0.25) is 9.59 Å². The zero-order valence-corrected chi connectivity index (χ0v) is 5.98. The first-order valence-electron chi connectivity index (χ1n) is 2.93. The Balaban J connectivity index is 3.75. The number of hydrogen-bond acceptors (Lipinski definition) is 3. The van der Waals surface area contributed by atoms with E-state index in [1.54, 1.807) is 0 Å². The molecule has 0 heterocycles. The lowest BCUT2D eigenvalue weighted by atomic mass is 10.4. The first kappa shape index (κ1) is 10.2. The van der Waals surface area contributed by atoms with Crippen LogP contribution in [0, 0.1) is 0 Å². The van der Waals surface area contributed by atoms with Gasteiger partial charge in [-0.15, -0.1) is 0 Å². The summed E-state index contributed by atoms with van der Waals surface area (Å²) in [5.41, 5.74) is 0. The summed E-state index contributed by atoms with van der Waals surface area (Å²) < 4.78 is 0. The van der Waals surface area contributed by atoms with E-state index in [2.05, 4.69) is 0 Å². The average molecular weight is 173 g/mol. The highest BCUT2D eigenvalue weighted by molar-refractivity contribution is 5.95. The van der Waals surface area contributed by atoms with E-state index in [1.165, 1.54) is 0 Å². The van der Waals surface area contributed by atoms with Crippen LogP contribution in [0.3, 0.4) is 0 Å². The molecule has 0 aliphatic heterocycles. The Morgan fingerprint density at radius 1 is 1.17 bits per heavy atom. The highest BCUT2D eigenvalue weighted by Crippen LogP contribution is 1.73. The van der Waals surface area contributed by atoms with Crippen molar-refractivity contribution in [3.05, 3.63) is 12.2 Å². The summed E-state index contributed by atoms with van der Waals surface area (Å²) in [4.78, 5) is 30.3. The minimum atomic E-state index is -1.26. The molecular formula is C6H7NO5. The fraction of sp³-hybridized carbons (Fsp3) is 0.167. The molecule has 0 aromatic heterocycles. The molecule has 6 nitrogen and oxygen atoms in total. The van der Waals surface area contributed by atoms with E-state index >= 15 is 0 Å². The summed E-state index contributed by atoms with van der Waals surface area (Å²) in [6.07, 6.45) is 1.36. The zero-order chi connectivity index (χ0) is 9.56. The Morgan fingerprint density at radius 2 is 1.75 bits per heavy atom. The molecule has 0 unspecified atom stereocenters. The molecule has 0 radical (unpaired) electrons. The maximum atomic E-state index is 10.5. The van der Waals surface area contributed by atoms with Gasteiger partial charge in [-0.25, -0.2) is 4.79 Å². The smallest absolute Gasteiger partial charge is 0.328 e. The van der Waals surface area contributed by atoms with Gasteiger partial charge in [0.2, 0.25) is 5.91 Å². The Morgan fingerprint density at radius 3 is 2.17 bits per heavy atom. The van der Waals surface area contributed by atoms with Crippen LogP contribution >= 0.6 is 0 Å². The van der Waals surface area contributed by atoms with Crippen molar-refractivity contribution in [1.82, 2.24) is 5.32 Å². The molecule has 0 bridgehead atoms. The number of carboxylic acids is 2. The Labute approximate surface area is 67.5 Å². The molecule has 3 N–H and O–H groups in total. The van der Waals surface area contributed by atoms with Crippen molar-refractivity contribution < 1.29 is 24.6 Å². The predicted molar refractivity (Wildman–Crippen MR) is 37.4 cm³/mol. The molecule has 6 heteroatoms. The van der Waals surface area contributed by atoms with Crippen LogP contribution in [-0.4, -0.2) is 34.6 Å². The highest BCUT2D eigenvalue weighted by atomic mass is 16.4. The third kappa shape index (κ3) is 6.27. The minimum Gasteiger partial charge on any atom is -0.480 e. The summed E-state index contributed by atoms with van der Waals surface area (Å²) in [7, 11) is 0. The van der Waals surface area contributed by atoms with Gasteiger partial charge < -0.3 is 15.5 Å². The lowest BCUT2D eigenvalue weighted by molar-refractivity contribution is -0.137. The second kappa shape index (κ2) is 4.89. The van der Waals surface area contributed by atoms with E-state index in [9.17, 15) is 14.4 Å². The Kier molecular flexibility index (Phi) is 4.13. The number of aliphatic carboxylic acids is 2. The summed E-state index contributed by atoms with van der Waals surface area (Å²) >= 11 is 0. The van der Waals surface area contributed by atoms with Crippen molar-refractivity contribution in [3.8, 4) is 0 Å². The van der Waals surface area contributed by atoms with E-state index < -0.39 is 24.4 Å². The van der Waals surface area contributed by atoms with Crippen LogP contribution in [-0.2, 0) is 14.4 Å². The van der Waals surface area contributed by atoms with Gasteiger partial charge in [0.05, 0.1) is 0 Å². The van der Waals surface area contributed by atoms with E-state index in [-0.39, 0.29) is 0 Å². The highest BCUT2D eigenvalue weighted by Gasteiger charge is 1.99. The number of carbonyl (C=O) groups excluding carboxylic acids is 1. The van der Waals surface area contributed by atoms with Crippen molar-refractivity contribution in [3.63, 3.8) is 0 Å². The minimum absolute atomic E-state index is 0.525. The fourth-order valence-electron chi connectivity index (χ4n) is 0.369. The number of nitrogens with one attached hydrogen (secondary N) is 1. The van der Waals surface area contributed by atoms with Crippen molar-refractivity contribution in [2.45, 2.75) is 0 Å². The fourth-order valence-corrected chi connectivity index (χ4v) is 0.369. The molecule has 0 aliphatic rings. The maximum Gasteiger partial charge on any atom is 0.328 e. The topological polar surface area (TPSA) is 104 Å². The molecule has 0 aromatic rings.